The summed E-state index contributed by atoms with van der Waals surface area (Å²) in [5, 5.41) is 44.8. The zero-order valence-corrected chi connectivity index (χ0v) is 42.1. The fourth-order valence-corrected chi connectivity index (χ4v) is 8.05. The molecule has 25 nitrogen and oxygen atoms in total. The predicted octanol–water partition coefficient (Wildman–Crippen LogP) is -1.31. The lowest BCUT2D eigenvalue weighted by Gasteiger charge is -2.32. The molecule has 0 aliphatic carbocycles. The number of aromatic nitrogens is 2. The van der Waals surface area contributed by atoms with Gasteiger partial charge in [0.1, 0.15) is 48.0 Å². The molecule has 16 N–H and O–H groups in total. The van der Waals surface area contributed by atoms with Crippen LogP contribution in [0, 0.1) is 11.8 Å². The highest BCUT2D eigenvalue weighted by Crippen LogP contribution is 2.21. The van der Waals surface area contributed by atoms with Crippen molar-refractivity contribution in [3.05, 3.63) is 83.8 Å². The number of rotatable bonds is 29. The first-order chi connectivity index (χ1) is 37.6. The largest absolute Gasteiger partial charge is 0.508 e. The van der Waals surface area contributed by atoms with Crippen LogP contribution in [-0.4, -0.2) is 151 Å². The number of phenolic OH excluding ortho intramolecular Hbond substituents is 1. The van der Waals surface area contributed by atoms with E-state index >= 15 is 0 Å². The monoisotopic (exact) mass is 1050 g/mol. The molecule has 1 fully saturated rings. The Bertz CT molecular complexity index is 2720. The third kappa shape index (κ3) is 18.7. The average molecular weight is 1050 g/mol. The fourth-order valence-electron chi connectivity index (χ4n) is 8.05. The predicted molar refractivity (Wildman–Crippen MR) is 273 cm³/mol. The SMILES string of the molecule is [2H]c1c([2H])c([2H])c(C[C@H](NC(=O)[C@@H]2CCCN2C(=O)[C@H](Cc2cnc[nH]2)NC(=O)[C@@H](NC(=O)[C@H](Cc2ccc(O)cc2)NC(=O)[C@@H](NC(=O)[C@H](CCCN=C(N)N)NC(=O)[C@@H](N)CC(=O)O)C(C)C)[C@@H](C)CC)C(=O)O)c([2H])c1[2H]. The standard InChI is InChI=1S/C50H71N13O12/c1-5-28(4)41(47(72)59-36(23-31-25-54-26-56-31)48(73)63-20-10-14-38(63)45(70)60-37(49(74)75)22-29-11-7-6-8-12-29)62-44(69)35(21-30-15-17-32(64)18-16-30)58-46(71)40(27(2)3)61-43(68)34(13-9-19-55-50(52)53)57-42(67)33(51)24-39(65)66/h6-8,11-12,15-18,25-28,33-38,40-41,64H,5,9-10,13-14,19-24,51H2,1-4H3,(H,54,56)(H,57,67)(H,58,71)(H,59,72)(H,60,70)(H,61,68)(H,62,69)(H,65,66)(H,74,75)(H4,52,53,55)/t28-,33-,34-,35-,36-,37-,38-,40-,41-/m0/s1/i6D,7D,8D,11D,12D. The Hall–Kier alpha value is -8.09. The van der Waals surface area contributed by atoms with E-state index in [4.69, 9.17) is 24.1 Å². The number of aromatic hydroxyl groups is 1. The first kappa shape index (κ1) is 51.8. The van der Waals surface area contributed by atoms with Gasteiger partial charge in [-0.1, -0.05) is 76.5 Å². The van der Waals surface area contributed by atoms with Crippen LogP contribution in [0.1, 0.15) is 89.9 Å². The van der Waals surface area contributed by atoms with Crippen LogP contribution in [0.3, 0.4) is 0 Å². The number of nitrogens with two attached hydrogens (primary N) is 3. The molecule has 408 valence electrons. The van der Waals surface area contributed by atoms with Gasteiger partial charge >= 0.3 is 11.9 Å². The van der Waals surface area contributed by atoms with Crippen molar-refractivity contribution < 1.29 is 65.3 Å². The number of hydrogen-bond donors (Lipinski definition) is 13. The molecule has 75 heavy (non-hydrogen) atoms. The van der Waals surface area contributed by atoms with Crippen molar-refractivity contribution in [1.82, 2.24) is 46.8 Å². The van der Waals surface area contributed by atoms with Gasteiger partial charge in [0.15, 0.2) is 5.96 Å². The lowest BCUT2D eigenvalue weighted by Crippen LogP contribution is -2.62. The number of carbonyl (C=O) groups excluding carboxylic acids is 7. The summed E-state index contributed by atoms with van der Waals surface area (Å²) in [5.41, 5.74) is 17.1. The zero-order chi connectivity index (χ0) is 59.7. The normalized spacial score (nSPS) is 17.3. The van der Waals surface area contributed by atoms with Gasteiger partial charge in [0.25, 0.3) is 0 Å². The number of benzene rings is 2. The topological polar surface area (TPSA) is 409 Å². The summed E-state index contributed by atoms with van der Waals surface area (Å²) in [4.78, 5) is 135. The number of likely N-dealkylation sites (tertiary alicyclic amines) is 1. The van der Waals surface area contributed by atoms with Crippen LogP contribution >= 0.6 is 0 Å². The van der Waals surface area contributed by atoms with Gasteiger partial charge in [-0.25, -0.2) is 9.78 Å². The van der Waals surface area contributed by atoms with Gasteiger partial charge in [-0.2, -0.15) is 0 Å². The molecule has 3 aromatic rings. The second-order valence-electron chi connectivity index (χ2n) is 18.5. The van der Waals surface area contributed by atoms with E-state index in [9.17, 15) is 58.5 Å². The summed E-state index contributed by atoms with van der Waals surface area (Å²) in [5.74, 6) is -10.7. The molecule has 0 radical (unpaired) electrons. The molecule has 4 rings (SSSR count). The molecule has 0 saturated carbocycles. The van der Waals surface area contributed by atoms with E-state index in [2.05, 4.69) is 46.9 Å². The minimum Gasteiger partial charge on any atom is -0.508 e. The molecule has 1 saturated heterocycles. The Morgan fingerprint density at radius 2 is 1.40 bits per heavy atom. The lowest BCUT2D eigenvalue weighted by atomic mass is 9.96. The summed E-state index contributed by atoms with van der Waals surface area (Å²) in [7, 11) is 0. The van der Waals surface area contributed by atoms with Crippen LogP contribution in [0.15, 0.2) is 72.0 Å². The molecule has 2 heterocycles. The van der Waals surface area contributed by atoms with Gasteiger partial charge in [0, 0.05) is 44.2 Å². The van der Waals surface area contributed by atoms with Crippen molar-refractivity contribution in [2.24, 2.45) is 34.0 Å². The fraction of sp³-hybridized carbons (Fsp3) is 0.500. The third-order valence-corrected chi connectivity index (χ3v) is 12.4. The van der Waals surface area contributed by atoms with Crippen molar-refractivity contribution in [2.45, 2.75) is 134 Å². The number of carbonyl (C=O) groups is 9. The first-order valence-electron chi connectivity index (χ1n) is 26.8. The maximum Gasteiger partial charge on any atom is 0.326 e. The van der Waals surface area contributed by atoms with Crippen molar-refractivity contribution in [2.75, 3.05) is 13.1 Å². The van der Waals surface area contributed by atoms with Gasteiger partial charge in [0.2, 0.25) is 41.4 Å². The Morgan fingerprint density at radius 3 is 2.00 bits per heavy atom. The smallest absolute Gasteiger partial charge is 0.326 e. The highest BCUT2D eigenvalue weighted by atomic mass is 16.4. The Balaban J connectivity index is 1.61. The van der Waals surface area contributed by atoms with Crippen LogP contribution in [0.5, 0.6) is 5.75 Å². The summed E-state index contributed by atoms with van der Waals surface area (Å²) in [6.07, 6.45) is 1.56. The molecule has 7 amide bonds. The summed E-state index contributed by atoms with van der Waals surface area (Å²) in [6, 6.07) is -9.33. The molecule has 1 aromatic heterocycles. The molecule has 0 bridgehead atoms. The number of hydrogen-bond acceptors (Lipinski definition) is 13. The minimum absolute atomic E-state index is 0.00915. The van der Waals surface area contributed by atoms with E-state index < -0.39 is 157 Å². The molecule has 9 atom stereocenters. The number of nitrogens with zero attached hydrogens (tertiary/aromatic N) is 3. The number of nitrogens with one attached hydrogen (secondary N) is 7. The number of aromatic amines is 1. The van der Waals surface area contributed by atoms with Crippen LogP contribution < -0.4 is 49.1 Å². The number of amides is 7. The van der Waals surface area contributed by atoms with Gasteiger partial charge in [-0.15, -0.1) is 0 Å². The lowest BCUT2D eigenvalue weighted by molar-refractivity contribution is -0.145. The maximum absolute atomic E-state index is 14.6. The summed E-state index contributed by atoms with van der Waals surface area (Å²) >= 11 is 0. The molecular formula is C50H71N13O12. The third-order valence-electron chi connectivity index (χ3n) is 12.4. The number of carboxylic acids is 2. The number of aliphatic imine (C=N–C) groups is 1. The minimum atomic E-state index is -1.79. The summed E-state index contributed by atoms with van der Waals surface area (Å²) < 4.78 is 40.4. The summed E-state index contributed by atoms with van der Waals surface area (Å²) in [6.45, 7) is 6.61. The van der Waals surface area contributed by atoms with E-state index in [1.807, 2.05) is 0 Å². The maximum atomic E-state index is 14.6. The van der Waals surface area contributed by atoms with E-state index in [0.717, 1.165) is 0 Å². The van der Waals surface area contributed by atoms with Crippen LogP contribution in [0.2, 0.25) is 0 Å². The van der Waals surface area contributed by atoms with E-state index in [1.54, 1.807) is 27.7 Å². The van der Waals surface area contributed by atoms with Gasteiger partial charge < -0.3 is 74.3 Å². The Labute approximate surface area is 441 Å². The average Bonchev–Trinajstić information content (AvgIpc) is 4.21. The quantitative estimate of drug-likeness (QED) is 0.0218. The molecule has 2 aromatic carbocycles. The number of carboxylic acid groups (broad SMARTS) is 2. The number of guanidine groups is 1. The number of imidazole rings is 1. The van der Waals surface area contributed by atoms with E-state index in [1.165, 1.54) is 41.7 Å². The van der Waals surface area contributed by atoms with Crippen LogP contribution in [0.4, 0.5) is 0 Å². The first-order valence-corrected chi connectivity index (χ1v) is 24.3. The highest BCUT2D eigenvalue weighted by molar-refractivity contribution is 5.98. The molecule has 1 aliphatic rings. The van der Waals surface area contributed by atoms with Crippen molar-refractivity contribution in [3.8, 4) is 5.75 Å². The highest BCUT2D eigenvalue weighted by Gasteiger charge is 2.41. The van der Waals surface area contributed by atoms with Crippen LogP contribution in [-0.2, 0) is 62.4 Å². The number of aliphatic carboxylic acids is 2. The second-order valence-corrected chi connectivity index (χ2v) is 18.5. The molecular weight excluding hydrogens is 975 g/mol. The Kier molecular flexibility index (Phi) is 20.0. The molecule has 25 heteroatoms. The van der Waals surface area contributed by atoms with Crippen molar-refractivity contribution in [1.29, 1.82) is 0 Å². The van der Waals surface area contributed by atoms with Gasteiger partial charge in [0.05, 0.1) is 25.6 Å². The number of phenols is 1. The second kappa shape index (κ2) is 29.0. The van der Waals surface area contributed by atoms with Gasteiger partial charge in [-0.3, -0.25) is 43.3 Å². The van der Waals surface area contributed by atoms with E-state index in [-0.39, 0.29) is 68.9 Å². The van der Waals surface area contributed by atoms with E-state index in [0.29, 0.717) is 17.7 Å². The molecule has 0 unspecified atom stereocenters. The molecule has 1 aliphatic heterocycles. The Morgan fingerprint density at radius 1 is 0.787 bits per heavy atom. The van der Waals surface area contributed by atoms with Crippen LogP contribution in [0.25, 0.3) is 0 Å². The molecule has 0 spiro atoms. The number of H-pyrrole nitrogens is 1. The zero-order valence-electron chi connectivity index (χ0n) is 47.1. The van der Waals surface area contributed by atoms with Crippen molar-refractivity contribution >= 4 is 59.2 Å². The van der Waals surface area contributed by atoms with Gasteiger partial charge in [-0.05, 0) is 60.8 Å². The van der Waals surface area contributed by atoms with Crippen molar-refractivity contribution in [3.63, 3.8) is 0 Å².